The molecule has 2 fully saturated rings. The highest BCUT2D eigenvalue weighted by Crippen LogP contribution is 2.29. The number of halogens is 3. The zero-order valence-electron chi connectivity index (χ0n) is 14.2. The molecule has 2 heterocycles. The molecule has 0 radical (unpaired) electrons. The molecule has 0 aliphatic carbocycles. The monoisotopic (exact) mass is 393 g/mol. The largest absolute Gasteiger partial charge is 0.416 e. The van der Waals surface area contributed by atoms with Crippen LogP contribution in [0.15, 0.2) is 24.3 Å². The maximum absolute atomic E-state index is 12.6. The molecule has 2 aliphatic heterocycles. The van der Waals surface area contributed by atoms with Gasteiger partial charge in [0.15, 0.2) is 6.29 Å². The Bertz CT molecular complexity index is 700. The fraction of sp³-hybridized carbons (Fsp3) is 0.647. The van der Waals surface area contributed by atoms with Gasteiger partial charge < -0.3 is 9.47 Å². The molecule has 1 aromatic rings. The molecule has 1 unspecified atom stereocenters. The van der Waals surface area contributed by atoms with Crippen molar-refractivity contribution in [1.82, 2.24) is 4.31 Å². The van der Waals surface area contributed by atoms with Gasteiger partial charge in [-0.05, 0) is 37.0 Å². The van der Waals surface area contributed by atoms with Crippen molar-refractivity contribution in [1.29, 1.82) is 0 Å². The maximum atomic E-state index is 12.6. The number of hydrogen-bond acceptors (Lipinski definition) is 4. The number of rotatable bonds is 5. The van der Waals surface area contributed by atoms with Crippen LogP contribution < -0.4 is 0 Å². The number of aryl methyl sites for hydroxylation is 1. The van der Waals surface area contributed by atoms with Crippen LogP contribution in [0.2, 0.25) is 0 Å². The zero-order chi connectivity index (χ0) is 18.8. The van der Waals surface area contributed by atoms with Gasteiger partial charge >= 0.3 is 6.18 Å². The molecular formula is C17H22F3NO4S. The van der Waals surface area contributed by atoms with Crippen molar-refractivity contribution >= 4 is 10.0 Å². The lowest BCUT2D eigenvalue weighted by Gasteiger charge is -2.33. The molecule has 146 valence electrons. The van der Waals surface area contributed by atoms with Crippen molar-refractivity contribution in [2.45, 2.75) is 31.7 Å². The van der Waals surface area contributed by atoms with E-state index >= 15 is 0 Å². The molecule has 3 rings (SSSR count). The molecule has 1 atom stereocenters. The van der Waals surface area contributed by atoms with Crippen molar-refractivity contribution in [2.24, 2.45) is 5.92 Å². The Morgan fingerprint density at radius 2 is 1.77 bits per heavy atom. The van der Waals surface area contributed by atoms with E-state index in [4.69, 9.17) is 9.47 Å². The maximum Gasteiger partial charge on any atom is 0.416 e. The van der Waals surface area contributed by atoms with Gasteiger partial charge in [0.1, 0.15) is 0 Å². The van der Waals surface area contributed by atoms with Crippen LogP contribution in [-0.2, 0) is 32.1 Å². The van der Waals surface area contributed by atoms with Crippen molar-refractivity contribution in [3.63, 3.8) is 0 Å². The first-order chi connectivity index (χ1) is 12.3. The Morgan fingerprint density at radius 1 is 1.12 bits per heavy atom. The van der Waals surface area contributed by atoms with E-state index in [1.54, 1.807) is 0 Å². The first kappa shape index (κ1) is 19.6. The second-order valence-electron chi connectivity index (χ2n) is 6.63. The van der Waals surface area contributed by atoms with E-state index in [-0.39, 0.29) is 24.4 Å². The summed E-state index contributed by atoms with van der Waals surface area (Å²) >= 11 is 0. The van der Waals surface area contributed by atoms with Gasteiger partial charge in [-0.1, -0.05) is 12.1 Å². The van der Waals surface area contributed by atoms with Crippen LogP contribution in [0.1, 0.15) is 24.0 Å². The van der Waals surface area contributed by atoms with E-state index < -0.39 is 21.8 Å². The minimum absolute atomic E-state index is 0.0205. The minimum atomic E-state index is -4.39. The SMILES string of the molecule is O=S(=O)(CCc1ccc(C(F)(F)F)cc1)N1CCCC(C2OCCO2)C1. The zero-order valence-corrected chi connectivity index (χ0v) is 15.1. The number of alkyl halides is 3. The molecule has 0 aromatic heterocycles. The molecule has 0 amide bonds. The molecule has 2 saturated heterocycles. The van der Waals surface area contributed by atoms with Gasteiger partial charge in [-0.25, -0.2) is 12.7 Å². The highest BCUT2D eigenvalue weighted by molar-refractivity contribution is 7.89. The molecule has 0 spiro atoms. The first-order valence-electron chi connectivity index (χ1n) is 8.63. The van der Waals surface area contributed by atoms with E-state index in [0.29, 0.717) is 31.9 Å². The Hall–Kier alpha value is -1.16. The normalized spacial score (nSPS) is 23.4. The molecule has 0 bridgehead atoms. The summed E-state index contributed by atoms with van der Waals surface area (Å²) in [6, 6.07) is 4.62. The average molecular weight is 393 g/mol. The lowest BCUT2D eigenvalue weighted by molar-refractivity contribution is -0.137. The Kier molecular flexibility index (Phi) is 5.91. The molecule has 2 aliphatic rings. The van der Waals surface area contributed by atoms with Gasteiger partial charge in [0.2, 0.25) is 10.0 Å². The van der Waals surface area contributed by atoms with Gasteiger partial charge in [-0.15, -0.1) is 0 Å². The van der Waals surface area contributed by atoms with Crippen molar-refractivity contribution in [3.8, 4) is 0 Å². The van der Waals surface area contributed by atoms with Crippen LogP contribution in [0.3, 0.4) is 0 Å². The number of hydrogen-bond donors (Lipinski definition) is 0. The molecule has 0 N–H and O–H groups in total. The van der Waals surface area contributed by atoms with Gasteiger partial charge in [-0.3, -0.25) is 0 Å². The fourth-order valence-electron chi connectivity index (χ4n) is 3.33. The number of ether oxygens (including phenoxy) is 2. The van der Waals surface area contributed by atoms with Crippen molar-refractivity contribution < 1.29 is 31.1 Å². The third-order valence-electron chi connectivity index (χ3n) is 4.78. The number of piperidine rings is 1. The number of sulfonamides is 1. The third-order valence-corrected chi connectivity index (χ3v) is 6.61. The highest BCUT2D eigenvalue weighted by Gasteiger charge is 2.35. The quantitative estimate of drug-likeness (QED) is 0.772. The van der Waals surface area contributed by atoms with Gasteiger partial charge in [-0.2, -0.15) is 13.2 Å². The summed E-state index contributed by atoms with van der Waals surface area (Å²) in [6.45, 7) is 1.88. The predicted molar refractivity (Wildman–Crippen MR) is 88.9 cm³/mol. The topological polar surface area (TPSA) is 55.8 Å². The average Bonchev–Trinajstić information content (AvgIpc) is 3.14. The van der Waals surface area contributed by atoms with E-state index in [2.05, 4.69) is 0 Å². The highest BCUT2D eigenvalue weighted by atomic mass is 32.2. The first-order valence-corrected chi connectivity index (χ1v) is 10.2. The van der Waals surface area contributed by atoms with Crippen LogP contribution in [0.5, 0.6) is 0 Å². The number of nitrogens with zero attached hydrogens (tertiary/aromatic N) is 1. The summed E-state index contributed by atoms with van der Waals surface area (Å²) in [7, 11) is -3.48. The summed E-state index contributed by atoms with van der Waals surface area (Å²) in [6.07, 6.45) is -2.96. The lowest BCUT2D eigenvalue weighted by atomic mass is 9.99. The standard InChI is InChI=1S/C17H22F3NO4S/c18-17(19,20)15-5-3-13(4-6-15)7-11-26(22,23)21-8-1-2-14(12-21)16-24-9-10-25-16/h3-6,14,16H,1-2,7-12H2. The summed E-state index contributed by atoms with van der Waals surface area (Å²) < 4.78 is 75.4. The van der Waals surface area contributed by atoms with E-state index in [1.807, 2.05) is 0 Å². The van der Waals surface area contributed by atoms with Crippen LogP contribution >= 0.6 is 0 Å². The molecule has 9 heteroatoms. The summed E-state index contributed by atoms with van der Waals surface area (Å²) in [4.78, 5) is 0. The summed E-state index contributed by atoms with van der Waals surface area (Å²) in [5.74, 6) is -0.107. The molecule has 0 saturated carbocycles. The fourth-order valence-corrected chi connectivity index (χ4v) is 4.91. The second-order valence-corrected chi connectivity index (χ2v) is 8.72. The third kappa shape index (κ3) is 4.76. The van der Waals surface area contributed by atoms with E-state index in [0.717, 1.165) is 25.0 Å². The number of benzene rings is 1. The van der Waals surface area contributed by atoms with Crippen LogP contribution in [0.4, 0.5) is 13.2 Å². The lowest BCUT2D eigenvalue weighted by Crippen LogP contribution is -2.44. The smallest absolute Gasteiger partial charge is 0.350 e. The van der Waals surface area contributed by atoms with E-state index in [1.165, 1.54) is 16.4 Å². The van der Waals surface area contributed by atoms with Crippen LogP contribution in [0, 0.1) is 5.92 Å². The van der Waals surface area contributed by atoms with Crippen molar-refractivity contribution in [2.75, 3.05) is 32.1 Å². The van der Waals surface area contributed by atoms with Gasteiger partial charge in [0.05, 0.1) is 24.5 Å². The van der Waals surface area contributed by atoms with E-state index in [9.17, 15) is 21.6 Å². The van der Waals surface area contributed by atoms with Crippen LogP contribution in [0.25, 0.3) is 0 Å². The van der Waals surface area contributed by atoms with Crippen LogP contribution in [-0.4, -0.2) is 51.1 Å². The second kappa shape index (κ2) is 7.84. The molecule has 1 aromatic carbocycles. The summed E-state index contributed by atoms with van der Waals surface area (Å²) in [5, 5.41) is 0. The molecule has 26 heavy (non-hydrogen) atoms. The molecular weight excluding hydrogens is 371 g/mol. The summed E-state index contributed by atoms with van der Waals surface area (Å²) in [5.41, 5.74) is -0.169. The minimum Gasteiger partial charge on any atom is -0.350 e. The van der Waals surface area contributed by atoms with Crippen molar-refractivity contribution in [3.05, 3.63) is 35.4 Å². The Labute approximate surface area is 151 Å². The van der Waals surface area contributed by atoms with Gasteiger partial charge in [0.25, 0.3) is 0 Å². The van der Waals surface area contributed by atoms with Gasteiger partial charge in [0, 0.05) is 19.0 Å². The predicted octanol–water partition coefficient (Wildman–Crippen LogP) is 2.66. The Morgan fingerprint density at radius 3 is 2.38 bits per heavy atom. The molecule has 5 nitrogen and oxygen atoms in total. The Balaban J connectivity index is 1.58.